The van der Waals surface area contributed by atoms with Gasteiger partial charge in [0.25, 0.3) is 0 Å². The smallest absolute Gasteiger partial charge is 0.0820 e. The van der Waals surface area contributed by atoms with Crippen LogP contribution in [0.5, 0.6) is 0 Å². The molecule has 1 heterocycles. The van der Waals surface area contributed by atoms with E-state index >= 15 is 0 Å². The Hall–Kier alpha value is -0.470. The second-order valence-electron chi connectivity index (χ2n) is 2.88. The molecule has 1 atom stereocenters. The first-order valence-electron chi connectivity index (χ1n) is 4.16. The summed E-state index contributed by atoms with van der Waals surface area (Å²) >= 11 is 11.5. The van der Waals surface area contributed by atoms with Gasteiger partial charge in [-0.1, -0.05) is 11.6 Å². The van der Waals surface area contributed by atoms with Gasteiger partial charge in [0.1, 0.15) is 0 Å². The highest BCUT2D eigenvalue weighted by molar-refractivity contribution is 6.33. The first kappa shape index (κ1) is 10.6. The van der Waals surface area contributed by atoms with Crippen molar-refractivity contribution in [2.75, 3.05) is 11.2 Å². The van der Waals surface area contributed by atoms with E-state index in [0.29, 0.717) is 16.9 Å². The number of aromatic nitrogens is 1. The van der Waals surface area contributed by atoms with Crippen LogP contribution in [0.3, 0.4) is 0 Å². The first-order valence-corrected chi connectivity index (χ1v) is 5.07. The van der Waals surface area contributed by atoms with Gasteiger partial charge < -0.3 is 5.32 Å². The predicted octanol–water partition coefficient (Wildman–Crippen LogP) is 3.16. The van der Waals surface area contributed by atoms with E-state index in [0.717, 1.165) is 12.1 Å². The lowest BCUT2D eigenvalue weighted by atomic mass is 10.2. The fourth-order valence-electron chi connectivity index (χ4n) is 0.994. The lowest BCUT2D eigenvalue weighted by molar-refractivity contribution is 0.768. The van der Waals surface area contributed by atoms with Crippen LogP contribution in [0.1, 0.15) is 13.3 Å². The molecule has 1 aromatic heterocycles. The molecule has 0 aromatic carbocycles. The Labute approximate surface area is 88.3 Å². The minimum absolute atomic E-state index is 0.331. The van der Waals surface area contributed by atoms with Gasteiger partial charge in [0.05, 0.1) is 10.7 Å². The van der Waals surface area contributed by atoms with Crippen molar-refractivity contribution >= 4 is 28.9 Å². The summed E-state index contributed by atoms with van der Waals surface area (Å²) in [6.07, 6.45) is 4.25. The summed E-state index contributed by atoms with van der Waals surface area (Å²) in [6.45, 7) is 2.07. The number of rotatable bonds is 4. The summed E-state index contributed by atoms with van der Waals surface area (Å²) in [7, 11) is 0. The molecule has 0 amide bonds. The molecule has 0 radical (unpaired) electrons. The molecule has 4 heteroatoms. The number of halogens is 2. The second kappa shape index (κ2) is 5.30. The minimum atomic E-state index is 0.331. The average Bonchev–Trinajstić information content (AvgIpc) is 2.09. The Morgan fingerprint density at radius 3 is 3.00 bits per heavy atom. The number of nitrogens with one attached hydrogen (secondary N) is 1. The third-order valence-electron chi connectivity index (χ3n) is 1.72. The van der Waals surface area contributed by atoms with Gasteiger partial charge in [0.2, 0.25) is 0 Å². The molecule has 0 spiro atoms. The summed E-state index contributed by atoms with van der Waals surface area (Å²) in [5.74, 6) is 0.650. The molecule has 72 valence electrons. The van der Waals surface area contributed by atoms with E-state index < -0.39 is 0 Å². The highest BCUT2D eigenvalue weighted by Gasteiger charge is 2.03. The molecule has 1 unspecified atom stereocenters. The van der Waals surface area contributed by atoms with Crippen molar-refractivity contribution in [1.29, 1.82) is 0 Å². The average molecular weight is 219 g/mol. The van der Waals surface area contributed by atoms with Crippen LogP contribution in [-0.4, -0.2) is 16.9 Å². The third-order valence-corrected chi connectivity index (χ3v) is 2.24. The Kier molecular flexibility index (Phi) is 4.33. The van der Waals surface area contributed by atoms with E-state index in [4.69, 9.17) is 23.2 Å². The molecule has 13 heavy (non-hydrogen) atoms. The SMILES string of the molecule is CC(CCCl)Nc1ccncc1Cl. The molecule has 1 aromatic rings. The number of alkyl halides is 1. The van der Waals surface area contributed by atoms with Crippen LogP contribution < -0.4 is 5.32 Å². The van der Waals surface area contributed by atoms with Crippen molar-refractivity contribution in [2.24, 2.45) is 0 Å². The third kappa shape index (κ3) is 3.41. The van der Waals surface area contributed by atoms with Gasteiger partial charge in [-0.3, -0.25) is 4.98 Å². The zero-order valence-electron chi connectivity index (χ0n) is 7.43. The predicted molar refractivity (Wildman–Crippen MR) is 57.7 cm³/mol. The molecule has 1 rings (SSSR count). The lowest BCUT2D eigenvalue weighted by Crippen LogP contribution is -2.15. The molecule has 0 saturated carbocycles. The monoisotopic (exact) mass is 218 g/mol. The normalized spacial score (nSPS) is 12.5. The van der Waals surface area contributed by atoms with Crippen molar-refractivity contribution in [3.8, 4) is 0 Å². The topological polar surface area (TPSA) is 24.9 Å². The molecule has 0 aliphatic heterocycles. The first-order chi connectivity index (χ1) is 6.24. The van der Waals surface area contributed by atoms with E-state index in [1.807, 2.05) is 6.07 Å². The number of pyridine rings is 1. The van der Waals surface area contributed by atoms with E-state index in [-0.39, 0.29) is 0 Å². The van der Waals surface area contributed by atoms with Crippen LogP contribution in [0, 0.1) is 0 Å². The zero-order valence-corrected chi connectivity index (χ0v) is 8.94. The molecule has 0 fully saturated rings. The summed E-state index contributed by atoms with van der Waals surface area (Å²) in [4.78, 5) is 3.90. The summed E-state index contributed by atoms with van der Waals surface area (Å²) in [5.41, 5.74) is 0.911. The highest BCUT2D eigenvalue weighted by atomic mass is 35.5. The number of nitrogens with zero attached hydrogens (tertiary/aromatic N) is 1. The Morgan fingerprint density at radius 1 is 1.62 bits per heavy atom. The van der Waals surface area contributed by atoms with E-state index in [2.05, 4.69) is 17.2 Å². The van der Waals surface area contributed by atoms with Crippen LogP contribution >= 0.6 is 23.2 Å². The van der Waals surface area contributed by atoms with Gasteiger partial charge in [-0.05, 0) is 19.4 Å². The number of hydrogen-bond donors (Lipinski definition) is 1. The summed E-state index contributed by atoms with van der Waals surface area (Å²) in [6, 6.07) is 2.19. The molecular weight excluding hydrogens is 207 g/mol. The number of hydrogen-bond acceptors (Lipinski definition) is 2. The second-order valence-corrected chi connectivity index (χ2v) is 3.66. The van der Waals surface area contributed by atoms with Crippen LogP contribution in [0.25, 0.3) is 0 Å². The molecular formula is C9H12Cl2N2. The van der Waals surface area contributed by atoms with Gasteiger partial charge >= 0.3 is 0 Å². The highest BCUT2D eigenvalue weighted by Crippen LogP contribution is 2.20. The number of anilines is 1. The van der Waals surface area contributed by atoms with Gasteiger partial charge in [-0.25, -0.2) is 0 Å². The van der Waals surface area contributed by atoms with Crippen LogP contribution in [0.15, 0.2) is 18.5 Å². The Bertz CT molecular complexity index is 266. The van der Waals surface area contributed by atoms with Crippen molar-refractivity contribution in [1.82, 2.24) is 4.98 Å². The van der Waals surface area contributed by atoms with Gasteiger partial charge in [-0.15, -0.1) is 11.6 Å². The maximum absolute atomic E-state index is 5.91. The van der Waals surface area contributed by atoms with E-state index in [1.54, 1.807) is 12.4 Å². The zero-order chi connectivity index (χ0) is 9.68. The van der Waals surface area contributed by atoms with Crippen molar-refractivity contribution in [3.05, 3.63) is 23.5 Å². The Morgan fingerprint density at radius 2 is 2.38 bits per heavy atom. The van der Waals surface area contributed by atoms with Gasteiger partial charge in [0, 0.05) is 24.3 Å². The Balaban J connectivity index is 2.58. The summed E-state index contributed by atoms with van der Waals surface area (Å²) < 4.78 is 0. The summed E-state index contributed by atoms with van der Waals surface area (Å²) in [5, 5.41) is 3.90. The lowest BCUT2D eigenvalue weighted by Gasteiger charge is -2.14. The molecule has 0 aliphatic carbocycles. The fourth-order valence-corrected chi connectivity index (χ4v) is 1.49. The van der Waals surface area contributed by atoms with E-state index in [9.17, 15) is 0 Å². The fraction of sp³-hybridized carbons (Fsp3) is 0.444. The molecule has 0 aliphatic rings. The molecule has 1 N–H and O–H groups in total. The van der Waals surface area contributed by atoms with Gasteiger partial charge in [0.15, 0.2) is 0 Å². The molecule has 2 nitrogen and oxygen atoms in total. The molecule has 0 saturated heterocycles. The maximum Gasteiger partial charge on any atom is 0.0820 e. The van der Waals surface area contributed by atoms with Crippen LogP contribution in [0.4, 0.5) is 5.69 Å². The van der Waals surface area contributed by atoms with Crippen molar-refractivity contribution in [2.45, 2.75) is 19.4 Å². The maximum atomic E-state index is 5.91. The van der Waals surface area contributed by atoms with Crippen LogP contribution in [0.2, 0.25) is 5.02 Å². The molecule has 0 bridgehead atoms. The van der Waals surface area contributed by atoms with Crippen molar-refractivity contribution in [3.63, 3.8) is 0 Å². The van der Waals surface area contributed by atoms with Gasteiger partial charge in [-0.2, -0.15) is 0 Å². The minimum Gasteiger partial charge on any atom is -0.381 e. The largest absolute Gasteiger partial charge is 0.381 e. The van der Waals surface area contributed by atoms with Crippen molar-refractivity contribution < 1.29 is 0 Å². The van der Waals surface area contributed by atoms with Crippen LogP contribution in [-0.2, 0) is 0 Å². The quantitative estimate of drug-likeness (QED) is 0.786. The van der Waals surface area contributed by atoms with E-state index in [1.165, 1.54) is 0 Å². The standard InChI is InChI=1S/C9H12Cl2N2/c1-7(2-4-10)13-9-3-5-12-6-8(9)11/h3,5-7H,2,4H2,1H3,(H,12,13).